The van der Waals surface area contributed by atoms with Crippen LogP contribution < -0.4 is 20.2 Å². The number of hydrogen-bond acceptors (Lipinski definition) is 7. The fourth-order valence-electron chi connectivity index (χ4n) is 2.91. The summed E-state index contributed by atoms with van der Waals surface area (Å²) in [5, 5.41) is 17.5. The number of ether oxygens (including phenoxy) is 2. The quantitative estimate of drug-likeness (QED) is 0.254. The van der Waals surface area contributed by atoms with Crippen molar-refractivity contribution in [3.63, 3.8) is 0 Å². The molecule has 11 heteroatoms. The molecule has 0 aliphatic heterocycles. The highest BCUT2D eigenvalue weighted by molar-refractivity contribution is 9.10. The molecule has 0 atom stereocenters. The fraction of sp³-hybridized carbons (Fsp3) is 0.0870. The number of carbonyl (C=O) groups excluding carboxylic acids is 2. The summed E-state index contributed by atoms with van der Waals surface area (Å²) in [6.07, 6.45) is 1.43. The zero-order valence-electron chi connectivity index (χ0n) is 18.1. The van der Waals surface area contributed by atoms with Crippen molar-refractivity contribution >= 4 is 45.3 Å². The van der Waals surface area contributed by atoms with E-state index >= 15 is 0 Å². The number of non-ortho nitro benzene ring substituents is 1. The molecular weight excluding hydrogens is 508 g/mol. The lowest BCUT2D eigenvalue weighted by Crippen LogP contribution is -2.18. The number of amides is 2. The second-order valence-electron chi connectivity index (χ2n) is 6.77. The van der Waals surface area contributed by atoms with Crippen LogP contribution in [0.15, 0.2) is 70.2 Å². The number of hydrazone groups is 1. The van der Waals surface area contributed by atoms with E-state index in [-0.39, 0.29) is 16.8 Å². The Hall–Kier alpha value is -4.25. The van der Waals surface area contributed by atoms with Crippen LogP contribution in [0.4, 0.5) is 11.4 Å². The first-order valence-corrected chi connectivity index (χ1v) is 10.5. The average molecular weight is 527 g/mol. The second kappa shape index (κ2) is 11.1. The zero-order valence-corrected chi connectivity index (χ0v) is 19.7. The number of nitro benzene ring substituents is 1. The maximum absolute atomic E-state index is 12.5. The molecule has 10 nitrogen and oxygen atoms in total. The third-order valence-corrected chi connectivity index (χ3v) is 5.20. The number of carbonyl (C=O) groups is 2. The second-order valence-corrected chi connectivity index (χ2v) is 7.62. The van der Waals surface area contributed by atoms with E-state index in [1.807, 2.05) is 0 Å². The Morgan fingerprint density at radius 1 is 0.971 bits per heavy atom. The Morgan fingerprint density at radius 2 is 1.65 bits per heavy atom. The molecule has 0 heterocycles. The molecule has 0 spiro atoms. The molecular formula is C23H19BrN4O6. The van der Waals surface area contributed by atoms with Crippen LogP contribution in [0.5, 0.6) is 11.5 Å². The first-order chi connectivity index (χ1) is 16.3. The van der Waals surface area contributed by atoms with Crippen LogP contribution >= 0.6 is 15.9 Å². The Kier molecular flexibility index (Phi) is 7.93. The molecule has 3 rings (SSSR count). The van der Waals surface area contributed by atoms with E-state index < -0.39 is 16.7 Å². The summed E-state index contributed by atoms with van der Waals surface area (Å²) in [6.45, 7) is 0. The number of methoxy groups -OCH3 is 2. The maximum Gasteiger partial charge on any atom is 0.271 e. The lowest BCUT2D eigenvalue weighted by Gasteiger charge is -2.09. The first kappa shape index (κ1) is 24.4. The number of hydrogen-bond donors (Lipinski definition) is 2. The van der Waals surface area contributed by atoms with E-state index in [9.17, 15) is 19.7 Å². The van der Waals surface area contributed by atoms with E-state index in [0.717, 1.165) is 0 Å². The van der Waals surface area contributed by atoms with E-state index in [1.54, 1.807) is 30.3 Å². The summed E-state index contributed by atoms with van der Waals surface area (Å²) in [7, 11) is 3.04. The van der Waals surface area contributed by atoms with Gasteiger partial charge in [-0.15, -0.1) is 0 Å². The van der Waals surface area contributed by atoms with Gasteiger partial charge in [-0.2, -0.15) is 5.10 Å². The summed E-state index contributed by atoms with van der Waals surface area (Å²) >= 11 is 3.39. The summed E-state index contributed by atoms with van der Waals surface area (Å²) in [4.78, 5) is 35.3. The SMILES string of the molecule is COc1cc(OC)c(/C=N\NC(=O)c2cccc(NC(=O)c3cccc([N+](=O)[O-])c3)c2)cc1Br. The first-order valence-electron chi connectivity index (χ1n) is 9.73. The summed E-state index contributed by atoms with van der Waals surface area (Å²) in [6, 6.07) is 15.0. The molecule has 2 amide bonds. The zero-order chi connectivity index (χ0) is 24.7. The van der Waals surface area contributed by atoms with Crippen molar-refractivity contribution in [1.82, 2.24) is 5.43 Å². The molecule has 34 heavy (non-hydrogen) atoms. The van der Waals surface area contributed by atoms with E-state index in [1.165, 1.54) is 50.8 Å². The highest BCUT2D eigenvalue weighted by Gasteiger charge is 2.13. The molecule has 0 bridgehead atoms. The van der Waals surface area contributed by atoms with Gasteiger partial charge in [0.2, 0.25) is 0 Å². The summed E-state index contributed by atoms with van der Waals surface area (Å²) in [5.41, 5.74) is 3.54. The van der Waals surface area contributed by atoms with Gasteiger partial charge < -0.3 is 14.8 Å². The van der Waals surface area contributed by atoms with Crippen molar-refractivity contribution in [3.05, 3.63) is 91.9 Å². The number of halogens is 1. The Bertz CT molecular complexity index is 1280. The van der Waals surface area contributed by atoms with Crippen molar-refractivity contribution in [2.75, 3.05) is 19.5 Å². The molecule has 0 fully saturated rings. The van der Waals surface area contributed by atoms with Gasteiger partial charge in [-0.3, -0.25) is 19.7 Å². The molecule has 3 aromatic carbocycles. The molecule has 174 valence electrons. The van der Waals surface area contributed by atoms with Crippen LogP contribution in [-0.4, -0.2) is 37.2 Å². The van der Waals surface area contributed by atoms with Crippen LogP contribution in [0.1, 0.15) is 26.3 Å². The van der Waals surface area contributed by atoms with Gasteiger partial charge in [0.05, 0.1) is 29.8 Å². The minimum absolute atomic E-state index is 0.119. The van der Waals surface area contributed by atoms with Crippen LogP contribution in [-0.2, 0) is 0 Å². The van der Waals surface area contributed by atoms with Gasteiger partial charge in [0.15, 0.2) is 0 Å². The largest absolute Gasteiger partial charge is 0.496 e. The Morgan fingerprint density at radius 3 is 2.32 bits per heavy atom. The van der Waals surface area contributed by atoms with Crippen LogP contribution in [0.3, 0.4) is 0 Å². The molecule has 3 aromatic rings. The summed E-state index contributed by atoms with van der Waals surface area (Å²) in [5.74, 6) is 0.0385. The molecule has 0 unspecified atom stereocenters. The number of rotatable bonds is 8. The van der Waals surface area contributed by atoms with Crippen molar-refractivity contribution in [3.8, 4) is 11.5 Å². The number of nitrogens with zero attached hydrogens (tertiary/aromatic N) is 2. The van der Waals surface area contributed by atoms with Crippen LogP contribution in [0.25, 0.3) is 0 Å². The molecule has 0 radical (unpaired) electrons. The van der Waals surface area contributed by atoms with E-state index in [4.69, 9.17) is 9.47 Å². The highest BCUT2D eigenvalue weighted by Crippen LogP contribution is 2.31. The predicted octanol–water partition coefficient (Wildman–Crippen LogP) is 4.39. The topological polar surface area (TPSA) is 132 Å². The monoisotopic (exact) mass is 526 g/mol. The third kappa shape index (κ3) is 5.95. The lowest BCUT2D eigenvalue weighted by atomic mass is 10.1. The van der Waals surface area contributed by atoms with Crippen molar-refractivity contribution in [2.45, 2.75) is 0 Å². The van der Waals surface area contributed by atoms with Crippen LogP contribution in [0, 0.1) is 10.1 Å². The minimum atomic E-state index is -0.581. The van der Waals surface area contributed by atoms with E-state index in [2.05, 4.69) is 31.8 Å². The summed E-state index contributed by atoms with van der Waals surface area (Å²) < 4.78 is 11.2. The maximum atomic E-state index is 12.5. The number of anilines is 1. The smallest absolute Gasteiger partial charge is 0.271 e. The van der Waals surface area contributed by atoms with Gasteiger partial charge in [0.25, 0.3) is 17.5 Å². The minimum Gasteiger partial charge on any atom is -0.496 e. The Labute approximate surface area is 202 Å². The number of nitrogens with one attached hydrogen (secondary N) is 2. The van der Waals surface area contributed by atoms with Crippen molar-refractivity contribution < 1.29 is 24.0 Å². The Balaban J connectivity index is 1.69. The van der Waals surface area contributed by atoms with Crippen LogP contribution in [0.2, 0.25) is 0 Å². The van der Waals surface area contributed by atoms with E-state index in [0.29, 0.717) is 27.2 Å². The van der Waals surface area contributed by atoms with Gasteiger partial charge >= 0.3 is 0 Å². The average Bonchev–Trinajstić information content (AvgIpc) is 2.84. The van der Waals surface area contributed by atoms with Gasteiger partial charge in [0, 0.05) is 40.6 Å². The predicted molar refractivity (Wildman–Crippen MR) is 130 cm³/mol. The van der Waals surface area contributed by atoms with Gasteiger partial charge in [0.1, 0.15) is 11.5 Å². The van der Waals surface area contributed by atoms with Gasteiger partial charge in [-0.25, -0.2) is 5.43 Å². The molecule has 0 saturated carbocycles. The molecule has 0 saturated heterocycles. The lowest BCUT2D eigenvalue weighted by molar-refractivity contribution is -0.384. The molecule has 2 N–H and O–H groups in total. The number of benzene rings is 3. The fourth-order valence-corrected chi connectivity index (χ4v) is 3.43. The number of nitro groups is 1. The highest BCUT2D eigenvalue weighted by atomic mass is 79.9. The van der Waals surface area contributed by atoms with Gasteiger partial charge in [-0.05, 0) is 46.3 Å². The van der Waals surface area contributed by atoms with Crippen molar-refractivity contribution in [2.24, 2.45) is 5.10 Å². The normalized spacial score (nSPS) is 10.6. The van der Waals surface area contributed by atoms with Gasteiger partial charge in [-0.1, -0.05) is 12.1 Å². The third-order valence-electron chi connectivity index (χ3n) is 4.58. The molecule has 0 aromatic heterocycles. The molecule has 0 aliphatic carbocycles. The standard InChI is InChI=1S/C23H19BrN4O6/c1-33-20-12-21(34-2)19(24)11-16(20)13-25-27-23(30)14-5-3-7-17(9-14)26-22(29)15-6-4-8-18(10-15)28(31)32/h3-13H,1-2H3,(H,26,29)(H,27,30)/b25-13-. The van der Waals surface area contributed by atoms with Crippen molar-refractivity contribution in [1.29, 1.82) is 0 Å². The molecule has 0 aliphatic rings.